The fourth-order valence-electron chi connectivity index (χ4n) is 3.23. The van der Waals surface area contributed by atoms with Gasteiger partial charge in [-0.05, 0) is 32.4 Å². The first-order chi connectivity index (χ1) is 13.0. The number of para-hydroxylation sites is 1. The molecule has 2 atom stereocenters. The van der Waals surface area contributed by atoms with E-state index in [0.29, 0.717) is 35.6 Å². The fraction of sp³-hybridized carbons (Fsp3) is 0.421. The molecule has 3 aromatic rings. The molecule has 1 amide bonds. The van der Waals surface area contributed by atoms with Crippen molar-refractivity contribution in [2.24, 2.45) is 0 Å². The number of oxazole rings is 2. The van der Waals surface area contributed by atoms with Gasteiger partial charge in [-0.1, -0.05) is 23.9 Å². The average molecular weight is 387 g/mol. The third kappa shape index (κ3) is 3.86. The molecule has 142 valence electrons. The molecule has 0 saturated carbocycles. The summed E-state index contributed by atoms with van der Waals surface area (Å²) in [6.45, 7) is 7.04. The van der Waals surface area contributed by atoms with Crippen LogP contribution in [-0.4, -0.2) is 46.1 Å². The first kappa shape index (κ1) is 18.1. The summed E-state index contributed by atoms with van der Waals surface area (Å²) in [5.41, 5.74) is 3.01. The molecule has 1 fully saturated rings. The van der Waals surface area contributed by atoms with Crippen molar-refractivity contribution < 1.29 is 18.4 Å². The van der Waals surface area contributed by atoms with Crippen LogP contribution in [0.3, 0.4) is 0 Å². The van der Waals surface area contributed by atoms with Gasteiger partial charge in [0.15, 0.2) is 11.3 Å². The summed E-state index contributed by atoms with van der Waals surface area (Å²) in [6, 6.07) is 5.83. The zero-order chi connectivity index (χ0) is 19.0. The largest absolute Gasteiger partial charge is 0.447 e. The lowest BCUT2D eigenvalue weighted by molar-refractivity contribution is -0.0587. The van der Waals surface area contributed by atoms with E-state index in [1.807, 2.05) is 39.0 Å². The maximum Gasteiger partial charge on any atom is 0.275 e. The van der Waals surface area contributed by atoms with Crippen LogP contribution in [0.1, 0.15) is 35.8 Å². The van der Waals surface area contributed by atoms with Crippen molar-refractivity contribution in [3.63, 3.8) is 0 Å². The van der Waals surface area contributed by atoms with Crippen LogP contribution in [0.15, 0.2) is 38.5 Å². The molecule has 3 heterocycles. The molecule has 0 N–H and O–H groups in total. The van der Waals surface area contributed by atoms with Gasteiger partial charge >= 0.3 is 0 Å². The zero-order valence-corrected chi connectivity index (χ0v) is 16.3. The summed E-state index contributed by atoms with van der Waals surface area (Å²) in [7, 11) is 0. The highest BCUT2D eigenvalue weighted by Gasteiger charge is 2.28. The Morgan fingerprint density at radius 2 is 2.04 bits per heavy atom. The van der Waals surface area contributed by atoms with Crippen LogP contribution in [0.5, 0.6) is 0 Å². The van der Waals surface area contributed by atoms with Gasteiger partial charge < -0.3 is 18.5 Å². The van der Waals surface area contributed by atoms with Crippen molar-refractivity contribution >= 4 is 28.8 Å². The summed E-state index contributed by atoms with van der Waals surface area (Å²) >= 11 is 1.39. The Morgan fingerprint density at radius 3 is 2.78 bits per heavy atom. The van der Waals surface area contributed by atoms with E-state index in [9.17, 15) is 4.79 Å². The number of aryl methyl sites for hydroxylation is 1. The highest BCUT2D eigenvalue weighted by atomic mass is 32.2. The number of ether oxygens (including phenoxy) is 1. The maximum absolute atomic E-state index is 12.6. The number of nitrogens with zero attached hydrogens (tertiary/aromatic N) is 3. The second-order valence-corrected chi connectivity index (χ2v) is 7.71. The average Bonchev–Trinajstić information content (AvgIpc) is 3.26. The molecule has 0 aliphatic carbocycles. The van der Waals surface area contributed by atoms with E-state index in [1.165, 1.54) is 18.0 Å². The number of amides is 1. The van der Waals surface area contributed by atoms with Crippen molar-refractivity contribution in [2.75, 3.05) is 13.1 Å². The molecular weight excluding hydrogens is 366 g/mol. The standard InChI is InChI=1S/C19H21N3O4S/c1-11-5-4-6-15-17(11)21-19(26-15)27-10-16-20-14(9-24-16)18(23)22-7-12(2)25-13(3)8-22/h4-6,9,12-13H,7-8,10H2,1-3H3. The predicted octanol–water partition coefficient (Wildman–Crippen LogP) is 3.67. The molecule has 7 nitrogen and oxygen atoms in total. The van der Waals surface area contributed by atoms with Gasteiger partial charge in [0.1, 0.15) is 11.8 Å². The normalized spacial score (nSPS) is 20.3. The van der Waals surface area contributed by atoms with Gasteiger partial charge in [0.25, 0.3) is 11.1 Å². The van der Waals surface area contributed by atoms with E-state index in [4.69, 9.17) is 13.6 Å². The van der Waals surface area contributed by atoms with Crippen LogP contribution >= 0.6 is 11.8 Å². The van der Waals surface area contributed by atoms with Crippen LogP contribution in [-0.2, 0) is 10.5 Å². The number of hydrogen-bond acceptors (Lipinski definition) is 7. The number of morpholine rings is 1. The van der Waals surface area contributed by atoms with E-state index in [1.54, 1.807) is 4.90 Å². The number of carbonyl (C=O) groups is 1. The molecular formula is C19H21N3O4S. The molecule has 1 aliphatic rings. The smallest absolute Gasteiger partial charge is 0.275 e. The van der Waals surface area contributed by atoms with Crippen molar-refractivity contribution in [2.45, 2.75) is 44.0 Å². The molecule has 0 spiro atoms. The number of carbonyl (C=O) groups excluding carboxylic acids is 1. The lowest BCUT2D eigenvalue weighted by atomic mass is 10.2. The van der Waals surface area contributed by atoms with Crippen molar-refractivity contribution in [1.82, 2.24) is 14.9 Å². The Balaban J connectivity index is 1.41. The molecule has 8 heteroatoms. The topological polar surface area (TPSA) is 81.6 Å². The molecule has 4 rings (SSSR count). The van der Waals surface area contributed by atoms with Gasteiger partial charge in [0.2, 0.25) is 5.89 Å². The third-order valence-corrected chi connectivity index (χ3v) is 5.21. The number of hydrogen-bond donors (Lipinski definition) is 0. The Kier molecular flexibility index (Phi) is 4.92. The van der Waals surface area contributed by atoms with Crippen molar-refractivity contribution in [3.05, 3.63) is 41.6 Å². The predicted molar refractivity (Wildman–Crippen MR) is 101 cm³/mol. The van der Waals surface area contributed by atoms with Gasteiger partial charge in [-0.15, -0.1) is 0 Å². The molecule has 2 aromatic heterocycles. The fourth-order valence-corrected chi connectivity index (χ4v) is 3.92. The number of thioether (sulfide) groups is 1. The van der Waals surface area contributed by atoms with Gasteiger partial charge in [0, 0.05) is 13.1 Å². The summed E-state index contributed by atoms with van der Waals surface area (Å²) in [6.07, 6.45) is 1.45. The van der Waals surface area contributed by atoms with Crippen LogP contribution in [0.25, 0.3) is 11.1 Å². The molecule has 0 bridgehead atoms. The van der Waals surface area contributed by atoms with E-state index in [-0.39, 0.29) is 18.1 Å². The number of benzene rings is 1. The second kappa shape index (κ2) is 7.36. The van der Waals surface area contributed by atoms with Gasteiger partial charge in [-0.2, -0.15) is 0 Å². The third-order valence-electron chi connectivity index (χ3n) is 4.40. The maximum atomic E-state index is 12.6. The first-order valence-electron chi connectivity index (χ1n) is 8.87. The summed E-state index contributed by atoms with van der Waals surface area (Å²) in [5, 5.41) is 0.557. The number of fused-ring (bicyclic) bond motifs is 1. The molecule has 2 unspecified atom stereocenters. The first-order valence-corrected chi connectivity index (χ1v) is 9.86. The zero-order valence-electron chi connectivity index (χ0n) is 15.5. The van der Waals surface area contributed by atoms with Gasteiger partial charge in [-0.3, -0.25) is 4.79 Å². The Hall–Kier alpha value is -2.32. The number of rotatable bonds is 4. The Labute approximate surface area is 161 Å². The van der Waals surface area contributed by atoms with Gasteiger partial charge in [0.05, 0.1) is 18.0 Å². The minimum absolute atomic E-state index is 0.0160. The summed E-state index contributed by atoms with van der Waals surface area (Å²) < 4.78 is 16.9. The second-order valence-electron chi connectivity index (χ2n) is 6.78. The summed E-state index contributed by atoms with van der Waals surface area (Å²) in [4.78, 5) is 23.2. The van der Waals surface area contributed by atoms with E-state index in [2.05, 4.69) is 9.97 Å². The number of aromatic nitrogens is 2. The summed E-state index contributed by atoms with van der Waals surface area (Å²) in [5.74, 6) is 0.779. The molecule has 1 aliphatic heterocycles. The lowest BCUT2D eigenvalue weighted by Gasteiger charge is -2.34. The van der Waals surface area contributed by atoms with Crippen LogP contribution in [0.2, 0.25) is 0 Å². The quantitative estimate of drug-likeness (QED) is 0.632. The highest BCUT2D eigenvalue weighted by molar-refractivity contribution is 7.98. The molecule has 0 radical (unpaired) electrons. The molecule has 1 saturated heterocycles. The SMILES string of the molecule is Cc1cccc2oc(SCc3nc(C(=O)N4CC(C)OC(C)C4)co3)nc12. The van der Waals surface area contributed by atoms with Crippen molar-refractivity contribution in [1.29, 1.82) is 0 Å². The minimum atomic E-state index is -0.130. The van der Waals surface area contributed by atoms with Crippen LogP contribution < -0.4 is 0 Å². The van der Waals surface area contributed by atoms with Crippen LogP contribution in [0.4, 0.5) is 0 Å². The Morgan fingerprint density at radius 1 is 1.26 bits per heavy atom. The minimum Gasteiger partial charge on any atom is -0.447 e. The van der Waals surface area contributed by atoms with Crippen LogP contribution in [0, 0.1) is 6.92 Å². The van der Waals surface area contributed by atoms with E-state index in [0.717, 1.165) is 16.7 Å². The Bertz CT molecular complexity index is 957. The van der Waals surface area contributed by atoms with E-state index >= 15 is 0 Å². The van der Waals surface area contributed by atoms with Gasteiger partial charge in [-0.25, -0.2) is 9.97 Å². The monoisotopic (exact) mass is 387 g/mol. The lowest BCUT2D eigenvalue weighted by Crippen LogP contribution is -2.48. The van der Waals surface area contributed by atoms with Crippen molar-refractivity contribution in [3.8, 4) is 0 Å². The molecule has 1 aromatic carbocycles. The van der Waals surface area contributed by atoms with E-state index < -0.39 is 0 Å². The highest BCUT2D eigenvalue weighted by Crippen LogP contribution is 2.27. The molecule has 27 heavy (non-hydrogen) atoms.